The highest BCUT2D eigenvalue weighted by Gasteiger charge is 2.32. The van der Waals surface area contributed by atoms with Crippen LogP contribution in [0.25, 0.3) is 0 Å². The molecule has 116 valence electrons. The number of carbonyl (C=O) groups excluding carboxylic acids is 1. The summed E-state index contributed by atoms with van der Waals surface area (Å²) in [6.07, 6.45) is 2.11. The number of hydrogen-bond donors (Lipinski definition) is 0. The average molecular weight is 323 g/mol. The van der Waals surface area contributed by atoms with E-state index in [0.29, 0.717) is 29.2 Å². The summed E-state index contributed by atoms with van der Waals surface area (Å²) in [6, 6.07) is 6.18. The number of halogens is 2. The number of carbonyl (C=O) groups is 1. The van der Waals surface area contributed by atoms with Gasteiger partial charge in [0, 0.05) is 29.2 Å². The van der Waals surface area contributed by atoms with Gasteiger partial charge in [-0.2, -0.15) is 0 Å². The summed E-state index contributed by atoms with van der Waals surface area (Å²) in [5.74, 6) is -0.304. The Morgan fingerprint density at radius 3 is 3.05 bits per heavy atom. The molecule has 0 spiro atoms. The van der Waals surface area contributed by atoms with Crippen LogP contribution < -0.4 is 0 Å². The van der Waals surface area contributed by atoms with Gasteiger partial charge in [0.15, 0.2) is 0 Å². The second kappa shape index (κ2) is 6.08. The zero-order valence-corrected chi connectivity index (χ0v) is 12.9. The van der Waals surface area contributed by atoms with Crippen molar-refractivity contribution in [1.29, 1.82) is 0 Å². The lowest BCUT2D eigenvalue weighted by Gasteiger charge is -2.24. The van der Waals surface area contributed by atoms with E-state index in [1.807, 2.05) is 0 Å². The Labute approximate surface area is 132 Å². The zero-order valence-electron chi connectivity index (χ0n) is 12.2. The third-order valence-electron chi connectivity index (χ3n) is 3.98. The van der Waals surface area contributed by atoms with Crippen LogP contribution in [-0.2, 0) is 6.42 Å². The molecule has 1 aromatic carbocycles. The Kier molecular flexibility index (Phi) is 4.16. The van der Waals surface area contributed by atoms with Crippen LogP contribution in [0.2, 0.25) is 5.02 Å². The van der Waals surface area contributed by atoms with E-state index in [1.54, 1.807) is 30.0 Å². The molecule has 6 heteroatoms. The molecule has 1 atom stereocenters. The van der Waals surface area contributed by atoms with Crippen molar-refractivity contribution in [2.24, 2.45) is 0 Å². The van der Waals surface area contributed by atoms with Crippen molar-refractivity contribution in [2.45, 2.75) is 32.2 Å². The second-order valence-corrected chi connectivity index (χ2v) is 5.94. The second-order valence-electron chi connectivity index (χ2n) is 5.53. The van der Waals surface area contributed by atoms with Crippen molar-refractivity contribution in [3.8, 4) is 0 Å². The molecule has 0 bridgehead atoms. The number of benzene rings is 1. The first-order chi connectivity index (χ1) is 10.6. The molecule has 0 saturated carbocycles. The van der Waals surface area contributed by atoms with Gasteiger partial charge >= 0.3 is 0 Å². The van der Waals surface area contributed by atoms with E-state index in [1.165, 1.54) is 6.07 Å². The molecule has 3 rings (SSSR count). The summed E-state index contributed by atoms with van der Waals surface area (Å²) < 4.78 is 19.0. The SMILES string of the molecule is Cc1cc(C(=O)N2CCCC2Cc2c(F)cccc2Cl)on1. The van der Waals surface area contributed by atoms with E-state index in [9.17, 15) is 9.18 Å². The van der Waals surface area contributed by atoms with E-state index in [2.05, 4.69) is 5.16 Å². The topological polar surface area (TPSA) is 46.3 Å². The van der Waals surface area contributed by atoms with E-state index in [0.717, 1.165) is 12.8 Å². The summed E-state index contributed by atoms with van der Waals surface area (Å²) in [5, 5.41) is 4.14. The Balaban J connectivity index is 1.80. The van der Waals surface area contributed by atoms with Gasteiger partial charge in [-0.15, -0.1) is 0 Å². The van der Waals surface area contributed by atoms with Gasteiger partial charge < -0.3 is 9.42 Å². The number of amides is 1. The summed E-state index contributed by atoms with van der Waals surface area (Å²) in [4.78, 5) is 14.2. The van der Waals surface area contributed by atoms with Crippen LogP contribution in [0, 0.1) is 12.7 Å². The Hall–Kier alpha value is -1.88. The van der Waals surface area contributed by atoms with Gasteiger partial charge in [0.2, 0.25) is 5.76 Å². The lowest BCUT2D eigenvalue weighted by Crippen LogP contribution is -2.36. The Morgan fingerprint density at radius 1 is 1.55 bits per heavy atom. The molecule has 2 aromatic rings. The van der Waals surface area contributed by atoms with Crippen LogP contribution in [0.3, 0.4) is 0 Å². The van der Waals surface area contributed by atoms with Crippen LogP contribution in [-0.4, -0.2) is 28.6 Å². The van der Waals surface area contributed by atoms with E-state index >= 15 is 0 Å². The van der Waals surface area contributed by atoms with Crippen molar-refractivity contribution in [3.05, 3.63) is 52.1 Å². The number of nitrogens with zero attached hydrogens (tertiary/aromatic N) is 2. The average Bonchev–Trinajstić information content (AvgIpc) is 3.11. The maximum atomic E-state index is 13.9. The highest BCUT2D eigenvalue weighted by atomic mass is 35.5. The fourth-order valence-corrected chi connectivity index (χ4v) is 3.12. The molecule has 1 amide bonds. The monoisotopic (exact) mass is 322 g/mol. The minimum atomic E-state index is -0.331. The standard InChI is InChI=1S/C16H16ClFN2O2/c1-10-8-15(22-19-10)16(21)20-7-3-4-11(20)9-12-13(17)5-2-6-14(12)18/h2,5-6,8,11H,3-4,7,9H2,1H3. The molecule has 1 aliphatic rings. The maximum Gasteiger partial charge on any atom is 0.292 e. The molecule has 2 heterocycles. The fraction of sp³-hybridized carbons (Fsp3) is 0.375. The molecular formula is C16H16ClFN2O2. The number of rotatable bonds is 3. The van der Waals surface area contributed by atoms with Crippen molar-refractivity contribution in [1.82, 2.24) is 10.1 Å². The number of hydrogen-bond acceptors (Lipinski definition) is 3. The number of likely N-dealkylation sites (tertiary alicyclic amines) is 1. The first kappa shape index (κ1) is 15.0. The third-order valence-corrected chi connectivity index (χ3v) is 4.33. The van der Waals surface area contributed by atoms with E-state index in [-0.39, 0.29) is 23.5 Å². The first-order valence-corrected chi connectivity index (χ1v) is 7.61. The number of aromatic nitrogens is 1. The largest absolute Gasteiger partial charge is 0.351 e. The van der Waals surface area contributed by atoms with Gasteiger partial charge in [-0.1, -0.05) is 22.8 Å². The molecular weight excluding hydrogens is 307 g/mol. The van der Waals surface area contributed by atoms with Crippen LogP contribution in [0.1, 0.15) is 34.7 Å². The highest BCUT2D eigenvalue weighted by molar-refractivity contribution is 6.31. The zero-order chi connectivity index (χ0) is 15.7. The van der Waals surface area contributed by atoms with Crippen LogP contribution >= 0.6 is 11.6 Å². The van der Waals surface area contributed by atoms with Gasteiger partial charge in [-0.25, -0.2) is 4.39 Å². The molecule has 1 aromatic heterocycles. The molecule has 0 radical (unpaired) electrons. The van der Waals surface area contributed by atoms with Gasteiger partial charge in [0.1, 0.15) is 5.82 Å². The Bertz CT molecular complexity index is 681. The van der Waals surface area contributed by atoms with Gasteiger partial charge in [-0.05, 0) is 38.3 Å². The maximum absolute atomic E-state index is 13.9. The van der Waals surface area contributed by atoms with Gasteiger partial charge in [0.05, 0.1) is 5.69 Å². The molecule has 0 N–H and O–H groups in total. The minimum Gasteiger partial charge on any atom is -0.351 e. The molecule has 1 fully saturated rings. The molecule has 1 aliphatic heterocycles. The van der Waals surface area contributed by atoms with Crippen LogP contribution in [0.15, 0.2) is 28.8 Å². The fourth-order valence-electron chi connectivity index (χ4n) is 2.88. The van der Waals surface area contributed by atoms with Crippen molar-refractivity contribution in [2.75, 3.05) is 6.54 Å². The van der Waals surface area contributed by atoms with Gasteiger partial charge in [-0.3, -0.25) is 4.79 Å². The van der Waals surface area contributed by atoms with Gasteiger partial charge in [0.25, 0.3) is 5.91 Å². The highest BCUT2D eigenvalue weighted by Crippen LogP contribution is 2.27. The van der Waals surface area contributed by atoms with Crippen molar-refractivity contribution < 1.29 is 13.7 Å². The minimum absolute atomic E-state index is 0.0766. The van der Waals surface area contributed by atoms with Crippen molar-refractivity contribution >= 4 is 17.5 Å². The summed E-state index contributed by atoms with van der Waals surface area (Å²) in [6.45, 7) is 2.40. The first-order valence-electron chi connectivity index (χ1n) is 7.23. The molecule has 22 heavy (non-hydrogen) atoms. The lowest BCUT2D eigenvalue weighted by molar-refractivity contribution is 0.0693. The molecule has 1 saturated heterocycles. The van der Waals surface area contributed by atoms with E-state index < -0.39 is 0 Å². The number of aryl methyl sites for hydroxylation is 1. The van der Waals surface area contributed by atoms with E-state index in [4.69, 9.17) is 16.1 Å². The predicted octanol–water partition coefficient (Wildman–Crippen LogP) is 3.62. The normalized spacial score (nSPS) is 18.0. The lowest BCUT2D eigenvalue weighted by atomic mass is 10.0. The predicted molar refractivity (Wildman–Crippen MR) is 80.4 cm³/mol. The molecule has 4 nitrogen and oxygen atoms in total. The molecule has 1 unspecified atom stereocenters. The van der Waals surface area contributed by atoms with Crippen molar-refractivity contribution in [3.63, 3.8) is 0 Å². The third kappa shape index (κ3) is 2.86. The summed E-state index contributed by atoms with van der Waals surface area (Å²) in [7, 11) is 0. The van der Waals surface area contributed by atoms with Crippen LogP contribution in [0.5, 0.6) is 0 Å². The smallest absolute Gasteiger partial charge is 0.292 e. The van der Waals surface area contributed by atoms with Crippen LogP contribution in [0.4, 0.5) is 4.39 Å². The summed E-state index contributed by atoms with van der Waals surface area (Å²) in [5.41, 5.74) is 1.12. The molecule has 0 aliphatic carbocycles. The summed E-state index contributed by atoms with van der Waals surface area (Å²) >= 11 is 6.08. The Morgan fingerprint density at radius 2 is 2.36 bits per heavy atom. The quantitative estimate of drug-likeness (QED) is 0.867.